The van der Waals surface area contributed by atoms with Crippen molar-refractivity contribution in [1.82, 2.24) is 28.8 Å². The molecule has 4 aromatic heterocycles. The van der Waals surface area contributed by atoms with Gasteiger partial charge in [-0.2, -0.15) is 5.10 Å². The molecule has 2 fully saturated rings. The molecule has 44 heavy (non-hydrogen) atoms. The van der Waals surface area contributed by atoms with Gasteiger partial charge < -0.3 is 14.0 Å². The number of hydrogen-bond acceptors (Lipinski definition) is 7. The number of carbonyl (C=O) groups excluding carboxylic acids is 1. The number of fused-ring (bicyclic) bond motifs is 2. The molecule has 228 valence electrons. The van der Waals surface area contributed by atoms with Crippen molar-refractivity contribution >= 4 is 27.9 Å². The van der Waals surface area contributed by atoms with E-state index in [1.807, 2.05) is 35.1 Å². The van der Waals surface area contributed by atoms with E-state index in [4.69, 9.17) is 14.5 Å². The predicted molar refractivity (Wildman–Crippen MR) is 168 cm³/mol. The highest BCUT2D eigenvalue weighted by atomic mass is 16.5. The van der Waals surface area contributed by atoms with Gasteiger partial charge >= 0.3 is 5.97 Å². The summed E-state index contributed by atoms with van der Waals surface area (Å²) in [7, 11) is 3.46. The lowest BCUT2D eigenvalue weighted by molar-refractivity contribution is -0.0366. The molecule has 0 N–H and O–H groups in total. The summed E-state index contributed by atoms with van der Waals surface area (Å²) < 4.78 is 16.5. The number of esters is 1. The molecule has 5 aromatic rings. The summed E-state index contributed by atoms with van der Waals surface area (Å²) in [6.07, 6.45) is 10.3. The predicted octanol–water partition coefficient (Wildman–Crippen LogP) is 5.50. The Balaban J connectivity index is 1.13. The largest absolute Gasteiger partial charge is 0.465 e. The van der Waals surface area contributed by atoms with Crippen LogP contribution in [0.3, 0.4) is 0 Å². The van der Waals surface area contributed by atoms with Crippen molar-refractivity contribution in [2.45, 2.75) is 57.2 Å². The van der Waals surface area contributed by atoms with Crippen molar-refractivity contribution in [1.29, 1.82) is 0 Å². The SMILES string of the molecule is COC(=O)c1ccc(C2CCN([C@H](C)c3cc4c(-n5ccc6c(cnn6C6CCCCO6)c5=O)ccnc4n3C)CC2)cc1. The summed E-state index contributed by atoms with van der Waals surface area (Å²) in [5.41, 5.74) is 5.37. The molecule has 0 spiro atoms. The Bertz CT molecular complexity index is 1870. The van der Waals surface area contributed by atoms with Gasteiger partial charge in [-0.15, -0.1) is 0 Å². The fraction of sp³-hybridized carbons (Fsp3) is 0.412. The number of piperidine rings is 1. The zero-order valence-corrected chi connectivity index (χ0v) is 25.5. The van der Waals surface area contributed by atoms with Crippen LogP contribution in [0, 0.1) is 0 Å². The first-order chi connectivity index (χ1) is 21.4. The van der Waals surface area contributed by atoms with Crippen molar-refractivity contribution in [3.05, 3.63) is 88.2 Å². The number of hydrogen-bond donors (Lipinski definition) is 0. The van der Waals surface area contributed by atoms with Crippen LogP contribution in [0.25, 0.3) is 27.6 Å². The van der Waals surface area contributed by atoms with Gasteiger partial charge in [-0.1, -0.05) is 12.1 Å². The molecule has 0 amide bonds. The number of benzene rings is 1. The molecule has 0 aliphatic carbocycles. The van der Waals surface area contributed by atoms with Crippen molar-refractivity contribution in [2.24, 2.45) is 7.05 Å². The maximum atomic E-state index is 13.8. The molecule has 7 rings (SSSR count). The van der Waals surface area contributed by atoms with Gasteiger partial charge in [-0.3, -0.25) is 14.3 Å². The molecule has 2 aliphatic heterocycles. The number of rotatable bonds is 6. The quantitative estimate of drug-likeness (QED) is 0.240. The lowest BCUT2D eigenvalue weighted by atomic mass is 9.88. The van der Waals surface area contributed by atoms with Crippen molar-refractivity contribution in [3.63, 3.8) is 0 Å². The summed E-state index contributed by atoms with van der Waals surface area (Å²) in [6.45, 7) is 4.91. The fourth-order valence-electron chi connectivity index (χ4n) is 7.03. The van der Waals surface area contributed by atoms with Gasteiger partial charge in [-0.25, -0.2) is 14.5 Å². The van der Waals surface area contributed by atoms with Crippen LogP contribution in [-0.2, 0) is 16.5 Å². The maximum absolute atomic E-state index is 13.8. The number of pyridine rings is 2. The van der Waals surface area contributed by atoms with Crippen molar-refractivity contribution in [3.8, 4) is 5.69 Å². The third-order valence-electron chi connectivity index (χ3n) is 9.60. The number of likely N-dealkylation sites (tertiary alicyclic amines) is 1. The highest BCUT2D eigenvalue weighted by Crippen LogP contribution is 2.35. The van der Waals surface area contributed by atoms with Gasteiger partial charge in [0.1, 0.15) is 5.65 Å². The van der Waals surface area contributed by atoms with Crippen LogP contribution in [-0.4, -0.2) is 61.6 Å². The summed E-state index contributed by atoms with van der Waals surface area (Å²) >= 11 is 0. The molecule has 0 saturated carbocycles. The first kappa shape index (κ1) is 28.5. The van der Waals surface area contributed by atoms with Gasteiger partial charge in [0.15, 0.2) is 6.23 Å². The molecular formula is C34H38N6O4. The standard InChI is InChI=1S/C34H38N6O4/c1-22(38-16-12-24(13-17-38)23-7-9-25(10-8-23)34(42)43-3)30-20-26-28(11-15-35-32(26)37(30)2)39-18-14-29-27(33(39)41)21-36-40(29)31-6-4-5-19-44-31/h7-11,14-15,18,20-22,24,31H,4-6,12-13,16-17,19H2,1-3H3/t22-,31?/m1/s1. The van der Waals surface area contributed by atoms with E-state index in [2.05, 4.69) is 46.7 Å². The number of carbonyl (C=O) groups is 1. The average Bonchev–Trinajstić information content (AvgIpc) is 3.67. The van der Waals surface area contributed by atoms with E-state index in [0.717, 1.165) is 79.7 Å². The third kappa shape index (κ3) is 4.92. The van der Waals surface area contributed by atoms with Crippen LogP contribution in [0.1, 0.15) is 78.8 Å². The summed E-state index contributed by atoms with van der Waals surface area (Å²) in [5.74, 6) is 0.154. The normalized spacial score (nSPS) is 19.0. The van der Waals surface area contributed by atoms with Crippen LogP contribution in [0.4, 0.5) is 0 Å². The molecular weight excluding hydrogens is 556 g/mol. The molecule has 2 aliphatic rings. The molecule has 0 bridgehead atoms. The molecule has 2 atom stereocenters. The van der Waals surface area contributed by atoms with Crippen LogP contribution in [0.15, 0.2) is 65.8 Å². The minimum atomic E-state index is -0.306. The summed E-state index contributed by atoms with van der Waals surface area (Å²) in [6, 6.07) is 14.1. The molecule has 10 heteroatoms. The lowest BCUT2D eigenvalue weighted by Gasteiger charge is -2.36. The van der Waals surface area contributed by atoms with E-state index in [0.29, 0.717) is 16.9 Å². The van der Waals surface area contributed by atoms with Crippen LogP contribution >= 0.6 is 0 Å². The molecule has 2 saturated heterocycles. The van der Waals surface area contributed by atoms with E-state index >= 15 is 0 Å². The maximum Gasteiger partial charge on any atom is 0.337 e. The van der Waals surface area contributed by atoms with Crippen LogP contribution in [0.2, 0.25) is 0 Å². The lowest BCUT2D eigenvalue weighted by Crippen LogP contribution is -2.35. The third-order valence-corrected chi connectivity index (χ3v) is 9.60. The number of methoxy groups -OCH3 is 1. The Morgan fingerprint density at radius 3 is 2.57 bits per heavy atom. The van der Waals surface area contributed by atoms with Crippen LogP contribution in [0.5, 0.6) is 0 Å². The molecule has 10 nitrogen and oxygen atoms in total. The van der Waals surface area contributed by atoms with Gasteiger partial charge in [0.2, 0.25) is 0 Å². The Kier molecular flexibility index (Phi) is 7.55. The first-order valence-corrected chi connectivity index (χ1v) is 15.5. The average molecular weight is 595 g/mol. The second-order valence-corrected chi connectivity index (χ2v) is 12.0. The van der Waals surface area contributed by atoms with E-state index < -0.39 is 0 Å². The monoisotopic (exact) mass is 594 g/mol. The van der Waals surface area contributed by atoms with Crippen molar-refractivity contribution in [2.75, 3.05) is 26.8 Å². The van der Waals surface area contributed by atoms with Gasteiger partial charge in [0, 0.05) is 43.2 Å². The Hall–Kier alpha value is -4.28. The van der Waals surface area contributed by atoms with E-state index in [9.17, 15) is 9.59 Å². The van der Waals surface area contributed by atoms with Crippen LogP contribution < -0.4 is 5.56 Å². The zero-order valence-electron chi connectivity index (χ0n) is 25.5. The fourth-order valence-corrected chi connectivity index (χ4v) is 7.03. The smallest absolute Gasteiger partial charge is 0.337 e. The number of aryl methyl sites for hydroxylation is 1. The highest BCUT2D eigenvalue weighted by Gasteiger charge is 2.27. The topological polar surface area (TPSA) is 96.4 Å². The number of ether oxygens (including phenoxy) is 2. The second kappa shape index (κ2) is 11.7. The number of nitrogens with zero attached hydrogens (tertiary/aromatic N) is 6. The van der Waals surface area contributed by atoms with E-state index in [1.165, 1.54) is 12.7 Å². The first-order valence-electron chi connectivity index (χ1n) is 15.5. The second-order valence-electron chi connectivity index (χ2n) is 12.0. The molecule has 1 aromatic carbocycles. The number of aromatic nitrogens is 5. The minimum Gasteiger partial charge on any atom is -0.465 e. The Morgan fingerprint density at radius 1 is 1.05 bits per heavy atom. The van der Waals surface area contributed by atoms with Crippen molar-refractivity contribution < 1.29 is 14.3 Å². The highest BCUT2D eigenvalue weighted by molar-refractivity contribution is 5.89. The molecule has 1 unspecified atom stereocenters. The summed E-state index contributed by atoms with van der Waals surface area (Å²) in [4.78, 5) is 32.8. The Labute approximate surface area is 255 Å². The summed E-state index contributed by atoms with van der Waals surface area (Å²) in [5, 5.41) is 6.08. The molecule has 0 radical (unpaired) electrons. The van der Waals surface area contributed by atoms with Gasteiger partial charge in [0.25, 0.3) is 5.56 Å². The Morgan fingerprint density at radius 2 is 1.84 bits per heavy atom. The minimum absolute atomic E-state index is 0.0998. The van der Waals surface area contributed by atoms with Gasteiger partial charge in [0.05, 0.1) is 35.5 Å². The molecule has 6 heterocycles. The van der Waals surface area contributed by atoms with E-state index in [1.54, 1.807) is 17.0 Å². The van der Waals surface area contributed by atoms with Gasteiger partial charge in [-0.05, 0) is 93.9 Å². The zero-order chi connectivity index (χ0) is 30.4. The van der Waals surface area contributed by atoms with E-state index in [-0.39, 0.29) is 23.8 Å².